The first kappa shape index (κ1) is 15.3. The van der Waals surface area contributed by atoms with Gasteiger partial charge in [-0.1, -0.05) is 18.2 Å². The predicted octanol–water partition coefficient (Wildman–Crippen LogP) is 3.79. The fourth-order valence-corrected chi connectivity index (χ4v) is 2.98. The second-order valence-corrected chi connectivity index (χ2v) is 5.80. The van der Waals surface area contributed by atoms with Crippen LogP contribution in [0.4, 0.5) is 11.4 Å². The van der Waals surface area contributed by atoms with E-state index in [-0.39, 0.29) is 5.69 Å². The Morgan fingerprint density at radius 3 is 2.62 bits per heavy atom. The molecule has 0 amide bonds. The minimum atomic E-state index is -0.431. The Hall–Kier alpha value is -2.05. The minimum absolute atomic E-state index is 0.00399. The molecule has 0 saturated heterocycles. The maximum Gasteiger partial charge on any atom is 0.293 e. The molecule has 0 radical (unpaired) electrons. The van der Waals surface area contributed by atoms with Gasteiger partial charge in [0.25, 0.3) is 5.69 Å². The summed E-state index contributed by atoms with van der Waals surface area (Å²) in [5, 5.41) is 11.0. The molecule has 0 aliphatic heterocycles. The Kier molecular flexibility index (Phi) is 4.82. The number of nitrogen functional groups attached to an aromatic ring is 1. The molecule has 0 bridgehead atoms. The second kappa shape index (κ2) is 6.60. The van der Waals surface area contributed by atoms with Gasteiger partial charge in [0.05, 0.1) is 4.92 Å². The van der Waals surface area contributed by atoms with Gasteiger partial charge in [0.15, 0.2) is 0 Å². The van der Waals surface area contributed by atoms with E-state index in [1.807, 2.05) is 6.07 Å². The quantitative estimate of drug-likeness (QED) is 0.380. The Morgan fingerprint density at radius 2 is 2.00 bits per heavy atom. The molecule has 5 nitrogen and oxygen atoms in total. The van der Waals surface area contributed by atoms with Crippen molar-refractivity contribution in [1.82, 2.24) is 0 Å². The van der Waals surface area contributed by atoms with Gasteiger partial charge in [-0.15, -0.1) is 11.8 Å². The van der Waals surface area contributed by atoms with E-state index in [9.17, 15) is 10.1 Å². The number of hydrazine groups is 1. The first-order valence-electron chi connectivity index (χ1n) is 6.46. The zero-order valence-electron chi connectivity index (χ0n) is 11.9. The first-order chi connectivity index (χ1) is 10.0. The van der Waals surface area contributed by atoms with E-state index in [0.717, 1.165) is 10.5 Å². The fourth-order valence-electron chi connectivity index (χ4n) is 1.99. The highest BCUT2D eigenvalue weighted by Crippen LogP contribution is 2.32. The molecule has 0 heterocycles. The van der Waals surface area contributed by atoms with Crippen LogP contribution in [0.1, 0.15) is 16.7 Å². The van der Waals surface area contributed by atoms with Gasteiger partial charge in [0.2, 0.25) is 0 Å². The maximum atomic E-state index is 11.0. The summed E-state index contributed by atoms with van der Waals surface area (Å²) in [6, 6.07) is 11.2. The number of hydrogen-bond acceptors (Lipinski definition) is 5. The van der Waals surface area contributed by atoms with Crippen molar-refractivity contribution in [2.45, 2.75) is 24.5 Å². The third kappa shape index (κ3) is 3.53. The van der Waals surface area contributed by atoms with Crippen LogP contribution < -0.4 is 11.3 Å². The molecule has 2 aromatic rings. The summed E-state index contributed by atoms with van der Waals surface area (Å²) < 4.78 is 0. The van der Waals surface area contributed by atoms with Crippen LogP contribution in [0, 0.1) is 24.0 Å². The van der Waals surface area contributed by atoms with E-state index in [0.29, 0.717) is 11.4 Å². The number of nitrogens with one attached hydrogen (secondary N) is 1. The van der Waals surface area contributed by atoms with Crippen molar-refractivity contribution in [3.05, 3.63) is 63.2 Å². The van der Waals surface area contributed by atoms with Gasteiger partial charge < -0.3 is 5.43 Å². The monoisotopic (exact) mass is 303 g/mol. The first-order valence-corrected chi connectivity index (χ1v) is 7.44. The highest BCUT2D eigenvalue weighted by Gasteiger charge is 2.16. The van der Waals surface area contributed by atoms with Crippen LogP contribution in [0.15, 0.2) is 41.3 Å². The molecule has 2 rings (SSSR count). The number of thioether (sulfide) groups is 1. The molecule has 3 N–H and O–H groups in total. The number of nitrogens with two attached hydrogens (primary N) is 1. The fraction of sp³-hybridized carbons (Fsp3) is 0.200. The highest BCUT2D eigenvalue weighted by atomic mass is 32.2. The Labute approximate surface area is 127 Å². The van der Waals surface area contributed by atoms with Gasteiger partial charge in [0, 0.05) is 16.7 Å². The van der Waals surface area contributed by atoms with Crippen LogP contribution in [-0.2, 0) is 5.75 Å². The number of nitro groups is 1. The van der Waals surface area contributed by atoms with Gasteiger partial charge >= 0.3 is 0 Å². The van der Waals surface area contributed by atoms with Crippen LogP contribution in [0.5, 0.6) is 0 Å². The highest BCUT2D eigenvalue weighted by molar-refractivity contribution is 7.98. The van der Waals surface area contributed by atoms with Crippen molar-refractivity contribution in [1.29, 1.82) is 0 Å². The summed E-state index contributed by atoms with van der Waals surface area (Å²) in [4.78, 5) is 11.7. The normalized spacial score (nSPS) is 10.4. The van der Waals surface area contributed by atoms with Gasteiger partial charge in [0.1, 0.15) is 5.69 Å². The third-order valence-electron chi connectivity index (χ3n) is 3.34. The molecular formula is C15H17N3O2S. The topological polar surface area (TPSA) is 81.2 Å². The largest absolute Gasteiger partial charge is 0.318 e. The zero-order chi connectivity index (χ0) is 15.4. The molecule has 6 heteroatoms. The molecule has 0 unspecified atom stereocenters. The lowest BCUT2D eigenvalue weighted by Crippen LogP contribution is -2.11. The Bertz CT molecular complexity index is 674. The number of anilines is 1. The molecule has 0 atom stereocenters. The number of benzene rings is 2. The standard InChI is InChI=1S/C15H17N3O2S/c1-10-6-7-13(8-11(10)2)21-9-12-4-3-5-14(18(19)20)15(12)17-16/h3-8,17H,9,16H2,1-2H3. The smallest absolute Gasteiger partial charge is 0.293 e. The molecule has 21 heavy (non-hydrogen) atoms. The number of aryl methyl sites for hydroxylation is 2. The van der Waals surface area contributed by atoms with Gasteiger partial charge in [-0.2, -0.15) is 0 Å². The number of hydrogen-bond donors (Lipinski definition) is 2. The molecule has 0 spiro atoms. The molecular weight excluding hydrogens is 286 g/mol. The lowest BCUT2D eigenvalue weighted by atomic mass is 10.1. The molecule has 110 valence electrons. The van der Waals surface area contributed by atoms with Gasteiger partial charge in [-0.05, 0) is 42.7 Å². The minimum Gasteiger partial charge on any atom is -0.318 e. The van der Waals surface area contributed by atoms with Crippen molar-refractivity contribution in [3.63, 3.8) is 0 Å². The molecule has 0 fully saturated rings. The van der Waals surface area contributed by atoms with Crippen molar-refractivity contribution in [2.24, 2.45) is 5.84 Å². The summed E-state index contributed by atoms with van der Waals surface area (Å²) in [5.41, 5.74) is 6.11. The SMILES string of the molecule is Cc1ccc(SCc2cccc([N+](=O)[O-])c2NN)cc1C. The lowest BCUT2D eigenvalue weighted by Gasteiger charge is -2.10. The molecule has 0 aliphatic rings. The van der Waals surface area contributed by atoms with E-state index in [2.05, 4.69) is 37.5 Å². The molecule has 0 aliphatic carbocycles. The molecule has 0 aromatic heterocycles. The summed E-state index contributed by atoms with van der Waals surface area (Å²) in [6.45, 7) is 4.14. The van der Waals surface area contributed by atoms with Gasteiger partial charge in [-0.3, -0.25) is 16.0 Å². The Balaban J connectivity index is 2.21. The number of nitro benzene ring substituents is 1. The second-order valence-electron chi connectivity index (χ2n) is 4.75. The van der Waals surface area contributed by atoms with Crippen LogP contribution in [0.2, 0.25) is 0 Å². The summed E-state index contributed by atoms with van der Waals surface area (Å²) in [6.07, 6.45) is 0. The van der Waals surface area contributed by atoms with Crippen molar-refractivity contribution in [3.8, 4) is 0 Å². The maximum absolute atomic E-state index is 11.0. The number of nitrogens with zero attached hydrogens (tertiary/aromatic N) is 1. The van der Waals surface area contributed by atoms with E-state index in [1.165, 1.54) is 17.2 Å². The van der Waals surface area contributed by atoms with Crippen LogP contribution >= 0.6 is 11.8 Å². The summed E-state index contributed by atoms with van der Waals surface area (Å²) in [7, 11) is 0. The van der Waals surface area contributed by atoms with E-state index in [1.54, 1.807) is 17.8 Å². The summed E-state index contributed by atoms with van der Waals surface area (Å²) in [5.74, 6) is 6.05. The predicted molar refractivity (Wildman–Crippen MR) is 86.4 cm³/mol. The van der Waals surface area contributed by atoms with Crippen LogP contribution in [0.3, 0.4) is 0 Å². The zero-order valence-corrected chi connectivity index (χ0v) is 12.7. The average Bonchev–Trinajstić information content (AvgIpc) is 2.47. The molecule has 2 aromatic carbocycles. The number of rotatable bonds is 5. The van der Waals surface area contributed by atoms with E-state index in [4.69, 9.17) is 5.84 Å². The van der Waals surface area contributed by atoms with Gasteiger partial charge in [-0.25, -0.2) is 0 Å². The van der Waals surface area contributed by atoms with Crippen molar-refractivity contribution in [2.75, 3.05) is 5.43 Å². The average molecular weight is 303 g/mol. The van der Waals surface area contributed by atoms with Crippen molar-refractivity contribution >= 4 is 23.1 Å². The van der Waals surface area contributed by atoms with Crippen LogP contribution in [0.25, 0.3) is 0 Å². The van der Waals surface area contributed by atoms with E-state index >= 15 is 0 Å². The Morgan fingerprint density at radius 1 is 1.24 bits per heavy atom. The summed E-state index contributed by atoms with van der Waals surface area (Å²) >= 11 is 1.63. The van der Waals surface area contributed by atoms with E-state index < -0.39 is 4.92 Å². The third-order valence-corrected chi connectivity index (χ3v) is 4.39. The number of para-hydroxylation sites is 1. The molecule has 0 saturated carbocycles. The lowest BCUT2D eigenvalue weighted by molar-refractivity contribution is -0.384. The van der Waals surface area contributed by atoms with Crippen LogP contribution in [-0.4, -0.2) is 4.92 Å². The van der Waals surface area contributed by atoms with Crippen molar-refractivity contribution < 1.29 is 4.92 Å².